The average molecular weight is 544 g/mol. The second-order valence-electron chi connectivity index (χ2n) is 8.65. The summed E-state index contributed by atoms with van der Waals surface area (Å²) in [4.78, 5) is 37.5. The summed E-state index contributed by atoms with van der Waals surface area (Å²) < 4.78 is 28.2. The first-order valence-electron chi connectivity index (χ1n) is 11.9. The molecule has 0 aliphatic carbocycles. The first-order valence-corrected chi connectivity index (χ1v) is 13.4. The fraction of sp³-hybridized carbons (Fsp3) is 0.417. The summed E-state index contributed by atoms with van der Waals surface area (Å²) in [6.07, 6.45) is 1.69. The number of carbonyl (C=O) groups is 2. The van der Waals surface area contributed by atoms with Crippen LogP contribution < -0.4 is 15.6 Å². The maximum absolute atomic E-state index is 13.1. The highest BCUT2D eigenvalue weighted by molar-refractivity contribution is 7.89. The van der Waals surface area contributed by atoms with Crippen LogP contribution >= 0.6 is 0 Å². The number of nitrogens with zero attached hydrogens (tertiary/aromatic N) is 5. The molecule has 1 aliphatic heterocycles. The molecule has 1 fully saturated rings. The molecule has 0 radical (unpaired) electrons. The van der Waals surface area contributed by atoms with E-state index in [4.69, 9.17) is 0 Å². The number of nitriles is 1. The summed E-state index contributed by atoms with van der Waals surface area (Å²) >= 11 is 0. The van der Waals surface area contributed by atoms with Crippen molar-refractivity contribution in [1.29, 1.82) is 5.26 Å². The molecule has 2 heterocycles. The lowest BCUT2D eigenvalue weighted by Crippen LogP contribution is -2.33. The zero-order chi connectivity index (χ0) is 27.9. The summed E-state index contributed by atoms with van der Waals surface area (Å²) in [7, 11) is -3.81. The zero-order valence-electron chi connectivity index (χ0n) is 21.1. The Labute approximate surface area is 219 Å². The minimum atomic E-state index is -3.81. The number of hydrogen-bond acceptors (Lipinski definition) is 9. The third-order valence-corrected chi connectivity index (χ3v) is 7.43. The second-order valence-corrected chi connectivity index (χ2v) is 10.4. The van der Waals surface area contributed by atoms with Gasteiger partial charge in [0.15, 0.2) is 5.69 Å². The monoisotopic (exact) mass is 543 g/mol. The lowest BCUT2D eigenvalue weighted by molar-refractivity contribution is -0.127. The van der Waals surface area contributed by atoms with Crippen molar-refractivity contribution in [2.24, 2.45) is 10.2 Å². The normalized spacial score (nSPS) is 13.7. The van der Waals surface area contributed by atoms with Gasteiger partial charge in [-0.1, -0.05) is 0 Å². The molecule has 2 amide bonds. The summed E-state index contributed by atoms with van der Waals surface area (Å²) in [5.41, 5.74) is -0.465. The number of nitrogens with one attached hydrogen (secondary N) is 2. The van der Waals surface area contributed by atoms with E-state index < -0.39 is 21.5 Å². The number of hydrogen-bond donors (Lipinski definition) is 3. The smallest absolute Gasteiger partial charge is 0.281 e. The summed E-state index contributed by atoms with van der Waals surface area (Å²) in [6.45, 7) is 4.13. The van der Waals surface area contributed by atoms with Crippen LogP contribution in [0.25, 0.3) is 0 Å². The summed E-state index contributed by atoms with van der Waals surface area (Å²) in [5, 5.41) is 30.6. The van der Waals surface area contributed by atoms with Crippen LogP contribution in [0.1, 0.15) is 37.3 Å². The molecule has 2 aromatic rings. The van der Waals surface area contributed by atoms with Crippen molar-refractivity contribution in [2.45, 2.75) is 44.6 Å². The molecule has 3 rings (SSSR count). The van der Waals surface area contributed by atoms with Gasteiger partial charge in [0.25, 0.3) is 5.56 Å². The predicted molar refractivity (Wildman–Crippen MR) is 137 cm³/mol. The fourth-order valence-electron chi connectivity index (χ4n) is 3.93. The maximum Gasteiger partial charge on any atom is 0.281 e. The van der Waals surface area contributed by atoms with Crippen molar-refractivity contribution in [3.05, 3.63) is 45.7 Å². The van der Waals surface area contributed by atoms with Crippen LogP contribution in [0.3, 0.4) is 0 Å². The molecule has 202 valence electrons. The van der Waals surface area contributed by atoms with Gasteiger partial charge in [-0.15, -0.1) is 5.11 Å². The Morgan fingerprint density at radius 1 is 1.16 bits per heavy atom. The number of rotatable bonds is 11. The lowest BCUT2D eigenvalue weighted by Gasteiger charge is -2.17. The lowest BCUT2D eigenvalue weighted by atomic mass is 10.1. The Balaban J connectivity index is 1.77. The van der Waals surface area contributed by atoms with Crippen molar-refractivity contribution in [1.82, 2.24) is 19.5 Å². The van der Waals surface area contributed by atoms with Crippen molar-refractivity contribution in [3.8, 4) is 11.9 Å². The van der Waals surface area contributed by atoms with Crippen LogP contribution in [-0.4, -0.2) is 61.0 Å². The number of aromatic nitrogens is 1. The standard InChI is InChI=1S/C24H29N7O6S/c1-16-20(15-25)23(34)31(14-4-13-30-12-3-5-21(30)33)24(35)22(16)29-28-18-6-8-19(9-7-18)38(36,37)27-11-10-26-17(2)32/h6-9,27,34H,3-5,10-14H2,1-2H3,(H,26,32). The van der Waals surface area contributed by atoms with Crippen molar-refractivity contribution >= 4 is 33.2 Å². The molecule has 13 nitrogen and oxygen atoms in total. The Morgan fingerprint density at radius 2 is 1.87 bits per heavy atom. The molecule has 1 aliphatic rings. The van der Waals surface area contributed by atoms with Gasteiger partial charge < -0.3 is 15.3 Å². The minimum Gasteiger partial charge on any atom is -0.493 e. The van der Waals surface area contributed by atoms with Crippen LogP contribution in [0.2, 0.25) is 0 Å². The van der Waals surface area contributed by atoms with Crippen LogP contribution in [0.15, 0.2) is 44.2 Å². The summed E-state index contributed by atoms with van der Waals surface area (Å²) in [6, 6.07) is 7.32. The number of pyridine rings is 1. The number of sulfonamides is 1. The first-order chi connectivity index (χ1) is 18.0. The van der Waals surface area contributed by atoms with Gasteiger partial charge in [-0.3, -0.25) is 19.0 Å². The molecule has 0 atom stereocenters. The van der Waals surface area contributed by atoms with E-state index in [0.717, 1.165) is 11.0 Å². The highest BCUT2D eigenvalue weighted by Gasteiger charge is 2.22. The van der Waals surface area contributed by atoms with Crippen LogP contribution in [0, 0.1) is 18.3 Å². The molecule has 0 unspecified atom stereocenters. The van der Waals surface area contributed by atoms with Crippen molar-refractivity contribution in [2.75, 3.05) is 26.2 Å². The van der Waals surface area contributed by atoms with Gasteiger partial charge in [-0.25, -0.2) is 13.1 Å². The topological polar surface area (TPSA) is 186 Å². The van der Waals surface area contributed by atoms with Crippen LogP contribution in [0.5, 0.6) is 5.88 Å². The molecule has 0 saturated carbocycles. The predicted octanol–water partition coefficient (Wildman–Crippen LogP) is 1.58. The van der Waals surface area contributed by atoms with Gasteiger partial charge in [-0.2, -0.15) is 10.4 Å². The van der Waals surface area contributed by atoms with E-state index in [9.17, 15) is 33.2 Å². The van der Waals surface area contributed by atoms with E-state index in [2.05, 4.69) is 20.3 Å². The molecule has 38 heavy (non-hydrogen) atoms. The van der Waals surface area contributed by atoms with Crippen LogP contribution in [0.4, 0.5) is 11.4 Å². The molecule has 1 aromatic heterocycles. The molecular weight excluding hydrogens is 514 g/mol. The third kappa shape index (κ3) is 6.81. The number of aromatic hydroxyl groups is 1. The number of carbonyl (C=O) groups excluding carboxylic acids is 2. The molecule has 1 aromatic carbocycles. The Bertz CT molecular complexity index is 1440. The van der Waals surface area contributed by atoms with Gasteiger partial charge in [-0.05, 0) is 44.0 Å². The maximum atomic E-state index is 13.1. The van der Waals surface area contributed by atoms with E-state index in [-0.39, 0.29) is 58.8 Å². The number of azo groups is 1. The number of benzene rings is 1. The van der Waals surface area contributed by atoms with Gasteiger partial charge in [0, 0.05) is 51.6 Å². The highest BCUT2D eigenvalue weighted by Crippen LogP contribution is 2.27. The zero-order valence-corrected chi connectivity index (χ0v) is 21.9. The number of likely N-dealkylation sites (tertiary alicyclic amines) is 1. The van der Waals surface area contributed by atoms with Crippen molar-refractivity contribution in [3.63, 3.8) is 0 Å². The third-order valence-electron chi connectivity index (χ3n) is 5.95. The average Bonchev–Trinajstić information content (AvgIpc) is 3.28. The van der Waals surface area contributed by atoms with Gasteiger partial charge in [0.05, 0.1) is 10.6 Å². The van der Waals surface area contributed by atoms with E-state index in [1.54, 1.807) is 4.90 Å². The first kappa shape index (κ1) is 28.5. The largest absolute Gasteiger partial charge is 0.493 e. The van der Waals surface area contributed by atoms with Gasteiger partial charge in [0.1, 0.15) is 11.6 Å². The van der Waals surface area contributed by atoms with E-state index >= 15 is 0 Å². The molecule has 14 heteroatoms. The van der Waals surface area contributed by atoms with Gasteiger partial charge in [0.2, 0.25) is 27.7 Å². The summed E-state index contributed by atoms with van der Waals surface area (Å²) in [5.74, 6) is -0.686. The fourth-order valence-corrected chi connectivity index (χ4v) is 4.96. The molecule has 0 spiro atoms. The van der Waals surface area contributed by atoms with E-state index in [1.807, 2.05) is 6.07 Å². The quantitative estimate of drug-likeness (QED) is 0.283. The van der Waals surface area contributed by atoms with Gasteiger partial charge >= 0.3 is 0 Å². The SMILES string of the molecule is CC(=O)NCCNS(=O)(=O)c1ccc(N=Nc2c(C)c(C#N)c(O)n(CCCN3CCCC3=O)c2=O)cc1. The second kappa shape index (κ2) is 12.4. The Hall–Kier alpha value is -4.09. The molecule has 0 bridgehead atoms. The van der Waals surface area contributed by atoms with Crippen LogP contribution in [-0.2, 0) is 26.2 Å². The minimum absolute atomic E-state index is 0.0192. The van der Waals surface area contributed by atoms with E-state index in [0.29, 0.717) is 25.9 Å². The van der Waals surface area contributed by atoms with E-state index in [1.165, 1.54) is 38.1 Å². The molecule has 3 N–H and O–H groups in total. The molecule has 1 saturated heterocycles. The Morgan fingerprint density at radius 3 is 2.47 bits per heavy atom. The highest BCUT2D eigenvalue weighted by atomic mass is 32.2. The number of amides is 2. The van der Waals surface area contributed by atoms with Crippen molar-refractivity contribution < 1.29 is 23.1 Å². The Kier molecular flexibility index (Phi) is 9.32. The molecular formula is C24H29N7O6S.